The lowest BCUT2D eigenvalue weighted by Gasteiger charge is -2.04. The standard InChI is InChI=1S/C10H10N4OS/c1-7-2-4-8(5-3-7)13-9(15)14-10-11-6-12-16-10/h2-6H,1H3,(H2,11,12,13,14,15). The molecule has 1 aromatic heterocycles. The van der Waals surface area contributed by atoms with Crippen molar-refractivity contribution in [1.82, 2.24) is 9.36 Å². The van der Waals surface area contributed by atoms with E-state index in [1.165, 1.54) is 6.33 Å². The topological polar surface area (TPSA) is 66.9 Å². The number of urea groups is 1. The van der Waals surface area contributed by atoms with E-state index >= 15 is 0 Å². The van der Waals surface area contributed by atoms with Gasteiger partial charge in [-0.05, 0) is 19.1 Å². The van der Waals surface area contributed by atoms with Gasteiger partial charge in [0.2, 0.25) is 5.13 Å². The predicted octanol–water partition coefficient (Wildman–Crippen LogP) is 2.49. The molecule has 2 amide bonds. The summed E-state index contributed by atoms with van der Waals surface area (Å²) >= 11 is 1.13. The molecule has 2 aromatic rings. The maximum Gasteiger partial charge on any atom is 0.325 e. The van der Waals surface area contributed by atoms with Crippen molar-refractivity contribution in [2.24, 2.45) is 0 Å². The number of hydrogen-bond donors (Lipinski definition) is 2. The predicted molar refractivity (Wildman–Crippen MR) is 63.7 cm³/mol. The van der Waals surface area contributed by atoms with Crippen LogP contribution >= 0.6 is 11.5 Å². The SMILES string of the molecule is Cc1ccc(NC(=O)Nc2ncns2)cc1. The first kappa shape index (κ1) is 10.6. The van der Waals surface area contributed by atoms with Gasteiger partial charge in [0, 0.05) is 17.2 Å². The zero-order valence-electron chi connectivity index (χ0n) is 8.60. The summed E-state index contributed by atoms with van der Waals surface area (Å²) in [6, 6.07) is 7.23. The van der Waals surface area contributed by atoms with E-state index in [2.05, 4.69) is 20.0 Å². The molecule has 0 unspecified atom stereocenters. The average molecular weight is 234 g/mol. The summed E-state index contributed by atoms with van der Waals surface area (Å²) in [6.45, 7) is 1.99. The molecule has 0 aliphatic rings. The molecule has 0 spiro atoms. The summed E-state index contributed by atoms with van der Waals surface area (Å²) in [5.41, 5.74) is 1.89. The normalized spacial score (nSPS) is 9.81. The molecule has 5 nitrogen and oxygen atoms in total. The van der Waals surface area contributed by atoms with Crippen molar-refractivity contribution in [3.05, 3.63) is 36.2 Å². The molecule has 1 heterocycles. The van der Waals surface area contributed by atoms with E-state index in [0.29, 0.717) is 5.13 Å². The Morgan fingerprint density at radius 2 is 2.00 bits per heavy atom. The van der Waals surface area contributed by atoms with Crippen LogP contribution in [0.15, 0.2) is 30.6 Å². The summed E-state index contributed by atoms with van der Waals surface area (Å²) in [5.74, 6) is 0. The Bertz CT molecular complexity index is 466. The molecule has 0 atom stereocenters. The van der Waals surface area contributed by atoms with E-state index in [9.17, 15) is 4.79 Å². The summed E-state index contributed by atoms with van der Waals surface area (Å²) in [5, 5.41) is 5.75. The summed E-state index contributed by atoms with van der Waals surface area (Å²) < 4.78 is 3.78. The first-order valence-corrected chi connectivity index (χ1v) is 5.43. The summed E-state index contributed by atoms with van der Waals surface area (Å²) in [7, 11) is 0. The number of rotatable bonds is 2. The number of nitrogens with one attached hydrogen (secondary N) is 2. The zero-order valence-corrected chi connectivity index (χ0v) is 9.41. The zero-order chi connectivity index (χ0) is 11.4. The molecular formula is C10H10N4OS. The number of aromatic nitrogens is 2. The van der Waals surface area contributed by atoms with E-state index in [1.54, 1.807) is 0 Å². The van der Waals surface area contributed by atoms with Crippen LogP contribution in [-0.4, -0.2) is 15.4 Å². The van der Waals surface area contributed by atoms with E-state index in [4.69, 9.17) is 0 Å². The van der Waals surface area contributed by atoms with Gasteiger partial charge >= 0.3 is 6.03 Å². The van der Waals surface area contributed by atoms with Crippen LogP contribution < -0.4 is 10.6 Å². The molecule has 0 aliphatic carbocycles. The van der Waals surface area contributed by atoms with Gasteiger partial charge in [-0.25, -0.2) is 9.78 Å². The molecule has 0 saturated heterocycles. The fraction of sp³-hybridized carbons (Fsp3) is 0.100. The van der Waals surface area contributed by atoms with Crippen molar-refractivity contribution >= 4 is 28.4 Å². The monoisotopic (exact) mass is 234 g/mol. The molecule has 0 bridgehead atoms. The van der Waals surface area contributed by atoms with Crippen molar-refractivity contribution in [2.45, 2.75) is 6.92 Å². The third-order valence-corrected chi connectivity index (χ3v) is 2.47. The second-order valence-electron chi connectivity index (χ2n) is 3.19. The molecule has 16 heavy (non-hydrogen) atoms. The first-order valence-electron chi connectivity index (χ1n) is 4.65. The van der Waals surface area contributed by atoms with Gasteiger partial charge in [-0.1, -0.05) is 17.7 Å². The van der Waals surface area contributed by atoms with Crippen molar-refractivity contribution in [2.75, 3.05) is 10.6 Å². The molecule has 2 rings (SSSR count). The number of anilines is 2. The molecule has 0 saturated carbocycles. The number of hydrogen-bond acceptors (Lipinski definition) is 4. The molecule has 82 valence electrons. The van der Waals surface area contributed by atoms with Gasteiger partial charge in [0.25, 0.3) is 0 Å². The largest absolute Gasteiger partial charge is 0.325 e. The minimum atomic E-state index is -0.319. The number of amides is 2. The lowest BCUT2D eigenvalue weighted by atomic mass is 10.2. The quantitative estimate of drug-likeness (QED) is 0.838. The van der Waals surface area contributed by atoms with E-state index < -0.39 is 0 Å². The van der Waals surface area contributed by atoms with Crippen molar-refractivity contribution in [3.63, 3.8) is 0 Å². The van der Waals surface area contributed by atoms with Gasteiger partial charge in [0.15, 0.2) is 0 Å². The Morgan fingerprint density at radius 1 is 1.25 bits per heavy atom. The Hall–Kier alpha value is -1.95. The Balaban J connectivity index is 1.95. The second-order valence-corrected chi connectivity index (χ2v) is 3.97. The molecule has 0 radical (unpaired) electrons. The Kier molecular flexibility index (Phi) is 3.11. The highest BCUT2D eigenvalue weighted by molar-refractivity contribution is 7.09. The van der Waals surface area contributed by atoms with Crippen LogP contribution in [0.2, 0.25) is 0 Å². The van der Waals surface area contributed by atoms with Crippen molar-refractivity contribution < 1.29 is 4.79 Å². The van der Waals surface area contributed by atoms with E-state index in [0.717, 1.165) is 22.8 Å². The molecule has 6 heteroatoms. The third kappa shape index (κ3) is 2.77. The third-order valence-electron chi connectivity index (χ3n) is 1.89. The minimum absolute atomic E-state index is 0.319. The second kappa shape index (κ2) is 4.71. The van der Waals surface area contributed by atoms with Crippen LogP contribution in [-0.2, 0) is 0 Å². The number of aryl methyl sites for hydroxylation is 1. The van der Waals surface area contributed by atoms with Crippen LogP contribution in [0.4, 0.5) is 15.6 Å². The smallest absolute Gasteiger partial charge is 0.308 e. The highest BCUT2D eigenvalue weighted by Gasteiger charge is 2.03. The number of nitrogens with zero attached hydrogens (tertiary/aromatic N) is 2. The minimum Gasteiger partial charge on any atom is -0.308 e. The van der Waals surface area contributed by atoms with Crippen molar-refractivity contribution in [1.29, 1.82) is 0 Å². The molecule has 2 N–H and O–H groups in total. The van der Waals surface area contributed by atoms with Gasteiger partial charge < -0.3 is 5.32 Å². The number of benzene rings is 1. The van der Waals surface area contributed by atoms with Gasteiger partial charge in [-0.15, -0.1) is 0 Å². The lowest BCUT2D eigenvalue weighted by Crippen LogP contribution is -2.19. The highest BCUT2D eigenvalue weighted by Crippen LogP contribution is 2.10. The summed E-state index contributed by atoms with van der Waals surface area (Å²) in [6.07, 6.45) is 1.39. The van der Waals surface area contributed by atoms with Gasteiger partial charge in [-0.2, -0.15) is 4.37 Å². The van der Waals surface area contributed by atoms with Crippen LogP contribution in [0.1, 0.15) is 5.56 Å². The number of carbonyl (C=O) groups is 1. The van der Waals surface area contributed by atoms with Crippen LogP contribution in [0.5, 0.6) is 0 Å². The van der Waals surface area contributed by atoms with E-state index in [1.807, 2.05) is 31.2 Å². The lowest BCUT2D eigenvalue weighted by molar-refractivity contribution is 0.262. The molecular weight excluding hydrogens is 224 g/mol. The van der Waals surface area contributed by atoms with Crippen LogP contribution in [0.3, 0.4) is 0 Å². The fourth-order valence-electron chi connectivity index (χ4n) is 1.12. The van der Waals surface area contributed by atoms with Gasteiger partial charge in [-0.3, -0.25) is 5.32 Å². The summed E-state index contributed by atoms with van der Waals surface area (Å²) in [4.78, 5) is 15.3. The maximum absolute atomic E-state index is 11.5. The Morgan fingerprint density at radius 3 is 2.62 bits per heavy atom. The van der Waals surface area contributed by atoms with Gasteiger partial charge in [0.05, 0.1) is 0 Å². The Labute approximate surface area is 96.7 Å². The maximum atomic E-state index is 11.5. The van der Waals surface area contributed by atoms with Crippen LogP contribution in [0.25, 0.3) is 0 Å². The molecule has 0 fully saturated rings. The first-order chi connectivity index (χ1) is 7.74. The van der Waals surface area contributed by atoms with Crippen LogP contribution in [0, 0.1) is 6.92 Å². The highest BCUT2D eigenvalue weighted by atomic mass is 32.1. The number of carbonyl (C=O) groups excluding carboxylic acids is 1. The molecule has 0 aliphatic heterocycles. The average Bonchev–Trinajstić information content (AvgIpc) is 2.74. The van der Waals surface area contributed by atoms with Crippen molar-refractivity contribution in [3.8, 4) is 0 Å². The van der Waals surface area contributed by atoms with E-state index in [-0.39, 0.29) is 6.03 Å². The van der Waals surface area contributed by atoms with Gasteiger partial charge in [0.1, 0.15) is 6.33 Å². The molecule has 1 aromatic carbocycles. The fourth-order valence-corrected chi connectivity index (χ4v) is 1.55.